The Kier molecular flexibility index (Phi) is 4.46. The largest absolute Gasteiger partial charge is 0.490 e. The topological polar surface area (TPSA) is 74.6 Å². The van der Waals surface area contributed by atoms with Gasteiger partial charge in [0.15, 0.2) is 5.69 Å². The molecule has 1 aromatic heterocycles. The van der Waals surface area contributed by atoms with E-state index < -0.39 is 0 Å². The van der Waals surface area contributed by atoms with E-state index in [0.29, 0.717) is 23.7 Å². The van der Waals surface area contributed by atoms with E-state index in [9.17, 15) is 0 Å². The zero-order valence-electron chi connectivity index (χ0n) is 12.3. The summed E-state index contributed by atoms with van der Waals surface area (Å²) in [6.07, 6.45) is 3.97. The maximum atomic E-state index is 9.02. The lowest BCUT2D eigenvalue weighted by molar-refractivity contribution is 0.364. The number of nitrogens with zero attached hydrogens (tertiary/aromatic N) is 3. The Hall–Kier alpha value is -3.39. The van der Waals surface area contributed by atoms with Crippen molar-refractivity contribution in [2.45, 2.75) is 0 Å². The fourth-order valence-corrected chi connectivity index (χ4v) is 2.13. The highest BCUT2D eigenvalue weighted by Crippen LogP contribution is 2.23. The van der Waals surface area contributed by atoms with Crippen molar-refractivity contribution >= 4 is 6.08 Å². The molecule has 0 fully saturated rings. The van der Waals surface area contributed by atoms with Gasteiger partial charge in [-0.1, -0.05) is 53.8 Å². The number of H-pyrrole nitrogens is 1. The number of aromatic amines is 1. The average molecular weight is 302 g/mol. The van der Waals surface area contributed by atoms with Gasteiger partial charge in [-0.2, -0.15) is 5.26 Å². The summed E-state index contributed by atoms with van der Waals surface area (Å²) >= 11 is 0. The molecular formula is C18H14N4O. The summed E-state index contributed by atoms with van der Waals surface area (Å²) in [5.41, 5.74) is 2.79. The predicted octanol–water partition coefficient (Wildman–Crippen LogP) is 3.44. The molecule has 0 aliphatic heterocycles. The van der Waals surface area contributed by atoms with Crippen molar-refractivity contribution in [3.8, 4) is 23.1 Å². The van der Waals surface area contributed by atoms with Crippen molar-refractivity contribution in [3.63, 3.8) is 0 Å². The van der Waals surface area contributed by atoms with E-state index in [2.05, 4.69) is 15.4 Å². The molecule has 1 N–H and O–H groups in total. The Morgan fingerprint density at radius 1 is 1.13 bits per heavy atom. The average Bonchev–Trinajstić information content (AvgIpc) is 3.09. The van der Waals surface area contributed by atoms with Gasteiger partial charge in [0.25, 0.3) is 0 Å². The monoisotopic (exact) mass is 302 g/mol. The van der Waals surface area contributed by atoms with Crippen molar-refractivity contribution in [1.82, 2.24) is 15.4 Å². The molecule has 0 spiro atoms. The van der Waals surface area contributed by atoms with E-state index in [1.54, 1.807) is 0 Å². The molecule has 0 saturated carbocycles. The maximum absolute atomic E-state index is 9.02. The molecule has 0 radical (unpaired) electrons. The van der Waals surface area contributed by atoms with Crippen LogP contribution in [0.25, 0.3) is 17.3 Å². The number of nitrogens with one attached hydrogen (secondary N) is 1. The quantitative estimate of drug-likeness (QED) is 0.783. The van der Waals surface area contributed by atoms with Crippen LogP contribution in [0.2, 0.25) is 0 Å². The highest BCUT2D eigenvalue weighted by atomic mass is 16.5. The molecular weight excluding hydrogens is 288 g/mol. The highest BCUT2D eigenvalue weighted by molar-refractivity contribution is 5.65. The number of benzene rings is 2. The maximum Gasteiger partial charge on any atom is 0.163 e. The number of hydrogen-bond donors (Lipinski definition) is 1. The standard InChI is InChI=1S/C18H14N4O/c19-13-17-18(21-22-20-17)15-9-4-10-16(12-15)23-11-5-8-14-6-2-1-3-7-14/h1-10,12H,11H2,(H,20,21,22)/b8-5+. The summed E-state index contributed by atoms with van der Waals surface area (Å²) in [7, 11) is 0. The molecule has 0 aliphatic rings. The third-order valence-corrected chi connectivity index (χ3v) is 3.22. The fourth-order valence-electron chi connectivity index (χ4n) is 2.13. The molecule has 0 unspecified atom stereocenters. The van der Waals surface area contributed by atoms with Gasteiger partial charge in [-0.3, -0.25) is 0 Å². The van der Waals surface area contributed by atoms with Gasteiger partial charge in [0, 0.05) is 5.56 Å². The van der Waals surface area contributed by atoms with Crippen molar-refractivity contribution in [2.24, 2.45) is 0 Å². The zero-order chi connectivity index (χ0) is 15.9. The van der Waals surface area contributed by atoms with Gasteiger partial charge in [-0.05, 0) is 23.8 Å². The molecule has 3 aromatic rings. The zero-order valence-corrected chi connectivity index (χ0v) is 12.3. The number of nitriles is 1. The minimum Gasteiger partial charge on any atom is -0.490 e. The van der Waals surface area contributed by atoms with Crippen LogP contribution < -0.4 is 4.74 Å². The summed E-state index contributed by atoms with van der Waals surface area (Å²) < 4.78 is 5.71. The van der Waals surface area contributed by atoms with Crippen molar-refractivity contribution in [1.29, 1.82) is 5.26 Å². The van der Waals surface area contributed by atoms with Gasteiger partial charge in [-0.25, -0.2) is 5.10 Å². The van der Waals surface area contributed by atoms with Crippen LogP contribution in [-0.2, 0) is 0 Å². The van der Waals surface area contributed by atoms with E-state index in [-0.39, 0.29) is 0 Å². The summed E-state index contributed by atoms with van der Waals surface area (Å²) in [5, 5.41) is 19.2. The summed E-state index contributed by atoms with van der Waals surface area (Å²) in [6, 6.07) is 19.5. The number of hydrogen-bond acceptors (Lipinski definition) is 4. The molecule has 2 aromatic carbocycles. The molecule has 0 bridgehead atoms. The summed E-state index contributed by atoms with van der Waals surface area (Å²) in [5.74, 6) is 0.715. The van der Waals surface area contributed by atoms with Gasteiger partial charge in [0.05, 0.1) is 0 Å². The molecule has 5 heteroatoms. The van der Waals surface area contributed by atoms with Crippen molar-refractivity contribution in [2.75, 3.05) is 6.61 Å². The smallest absolute Gasteiger partial charge is 0.163 e. The minimum atomic E-state index is 0.339. The third-order valence-electron chi connectivity index (χ3n) is 3.22. The lowest BCUT2D eigenvalue weighted by Crippen LogP contribution is -1.93. The Morgan fingerprint density at radius 3 is 2.83 bits per heavy atom. The van der Waals surface area contributed by atoms with Gasteiger partial charge >= 0.3 is 0 Å². The second-order valence-electron chi connectivity index (χ2n) is 4.80. The number of aromatic nitrogens is 3. The molecule has 23 heavy (non-hydrogen) atoms. The molecule has 0 atom stereocenters. The predicted molar refractivity (Wildman–Crippen MR) is 87.5 cm³/mol. The second-order valence-corrected chi connectivity index (χ2v) is 4.80. The van der Waals surface area contributed by atoms with Crippen molar-refractivity contribution in [3.05, 3.63) is 71.9 Å². The SMILES string of the molecule is N#Cc1[nH]nnc1-c1cccc(OC/C=C/c2ccccc2)c1. The molecule has 112 valence electrons. The van der Waals surface area contributed by atoms with Crippen molar-refractivity contribution < 1.29 is 4.74 Å². The van der Waals surface area contributed by atoms with E-state index in [1.807, 2.05) is 72.8 Å². The lowest BCUT2D eigenvalue weighted by Gasteiger charge is -2.04. The van der Waals surface area contributed by atoms with Gasteiger partial charge in [0.1, 0.15) is 24.1 Å². The van der Waals surface area contributed by atoms with Crippen LogP contribution in [0, 0.1) is 11.3 Å². The number of ether oxygens (including phenoxy) is 1. The first-order valence-corrected chi connectivity index (χ1v) is 7.13. The molecule has 5 nitrogen and oxygen atoms in total. The molecule has 0 saturated heterocycles. The minimum absolute atomic E-state index is 0.339. The third kappa shape index (κ3) is 3.63. The van der Waals surface area contributed by atoms with Crippen LogP contribution in [0.4, 0.5) is 0 Å². The summed E-state index contributed by atoms with van der Waals surface area (Å²) in [4.78, 5) is 0. The molecule has 1 heterocycles. The molecule has 3 rings (SSSR count). The molecule has 0 aliphatic carbocycles. The first kappa shape index (κ1) is 14.5. The first-order valence-electron chi connectivity index (χ1n) is 7.13. The second kappa shape index (κ2) is 7.05. The van der Waals surface area contributed by atoms with Crippen LogP contribution in [0.3, 0.4) is 0 Å². The van der Waals surface area contributed by atoms with E-state index in [4.69, 9.17) is 10.00 Å². The van der Waals surface area contributed by atoms with E-state index >= 15 is 0 Å². The normalized spacial score (nSPS) is 10.6. The number of rotatable bonds is 5. The Labute approximate surface area is 133 Å². The van der Waals surface area contributed by atoms with Crippen LogP contribution in [-0.4, -0.2) is 22.0 Å². The Bertz CT molecular complexity index is 847. The van der Waals surface area contributed by atoms with Gasteiger partial charge in [-0.15, -0.1) is 5.10 Å². The van der Waals surface area contributed by atoms with Crippen LogP contribution in [0.15, 0.2) is 60.7 Å². The first-order chi connectivity index (χ1) is 11.4. The lowest BCUT2D eigenvalue weighted by atomic mass is 10.1. The van der Waals surface area contributed by atoms with Crippen LogP contribution >= 0.6 is 0 Å². The van der Waals surface area contributed by atoms with Crippen LogP contribution in [0.1, 0.15) is 11.3 Å². The fraction of sp³-hybridized carbons (Fsp3) is 0.0556. The van der Waals surface area contributed by atoms with E-state index in [1.165, 1.54) is 0 Å². The molecule has 0 amide bonds. The Morgan fingerprint density at radius 2 is 2.00 bits per heavy atom. The van der Waals surface area contributed by atoms with Gasteiger partial charge < -0.3 is 4.74 Å². The van der Waals surface area contributed by atoms with E-state index in [0.717, 1.165) is 11.1 Å². The Balaban J connectivity index is 1.67. The van der Waals surface area contributed by atoms with Crippen LogP contribution in [0.5, 0.6) is 5.75 Å². The van der Waals surface area contributed by atoms with Gasteiger partial charge in [0.2, 0.25) is 0 Å². The summed E-state index contributed by atoms with van der Waals surface area (Å²) in [6.45, 7) is 0.461. The highest BCUT2D eigenvalue weighted by Gasteiger charge is 2.09.